The fraction of sp³-hybridized carbons (Fsp3) is 0.692. The number of aromatic nitrogens is 2. The van der Waals surface area contributed by atoms with E-state index in [0.29, 0.717) is 5.82 Å². The van der Waals surface area contributed by atoms with Crippen molar-refractivity contribution >= 4 is 11.6 Å². The first kappa shape index (κ1) is 12.1. The number of anilines is 2. The van der Waals surface area contributed by atoms with Gasteiger partial charge in [-0.2, -0.15) is 0 Å². The van der Waals surface area contributed by atoms with Crippen molar-refractivity contribution in [2.45, 2.75) is 39.5 Å². The first-order chi connectivity index (χ1) is 8.22. The summed E-state index contributed by atoms with van der Waals surface area (Å²) in [6.07, 6.45) is 6.28. The zero-order valence-corrected chi connectivity index (χ0v) is 10.8. The van der Waals surface area contributed by atoms with E-state index in [2.05, 4.69) is 28.7 Å². The topological polar surface area (TPSA) is 55.0 Å². The summed E-state index contributed by atoms with van der Waals surface area (Å²) in [5, 5.41) is 0. The maximum Gasteiger partial charge on any atom is 0.137 e. The molecule has 17 heavy (non-hydrogen) atoms. The van der Waals surface area contributed by atoms with Gasteiger partial charge in [0.15, 0.2) is 0 Å². The standard InChI is InChI=1S/C13H22N4/c1-3-11-12(14)15-9-16-13(11)17-7-4-5-10(2)6-8-17/h9-10H,3-8H2,1-2H3,(H2,14,15,16). The summed E-state index contributed by atoms with van der Waals surface area (Å²) in [7, 11) is 0. The maximum atomic E-state index is 5.93. The molecule has 2 rings (SSSR count). The lowest BCUT2D eigenvalue weighted by Gasteiger charge is -2.24. The second-order valence-electron chi connectivity index (χ2n) is 4.94. The third-order valence-electron chi connectivity index (χ3n) is 3.63. The van der Waals surface area contributed by atoms with Crippen LogP contribution in [0.25, 0.3) is 0 Å². The number of hydrogen-bond acceptors (Lipinski definition) is 4. The average molecular weight is 234 g/mol. The summed E-state index contributed by atoms with van der Waals surface area (Å²) in [5.41, 5.74) is 7.03. The smallest absolute Gasteiger partial charge is 0.137 e. The van der Waals surface area contributed by atoms with Crippen LogP contribution in [0.2, 0.25) is 0 Å². The molecular formula is C13H22N4. The Kier molecular flexibility index (Phi) is 3.82. The molecule has 1 aliphatic heterocycles. The van der Waals surface area contributed by atoms with Gasteiger partial charge in [-0.3, -0.25) is 0 Å². The highest BCUT2D eigenvalue weighted by molar-refractivity contribution is 5.56. The van der Waals surface area contributed by atoms with Crippen LogP contribution in [0.1, 0.15) is 38.7 Å². The largest absolute Gasteiger partial charge is 0.383 e. The van der Waals surface area contributed by atoms with E-state index in [-0.39, 0.29) is 0 Å². The van der Waals surface area contributed by atoms with Crippen LogP contribution in [0, 0.1) is 5.92 Å². The molecule has 0 amide bonds. The van der Waals surface area contributed by atoms with Crippen LogP contribution in [0.4, 0.5) is 11.6 Å². The van der Waals surface area contributed by atoms with E-state index in [1.807, 2.05) is 0 Å². The third kappa shape index (κ3) is 2.68. The molecule has 1 aliphatic rings. The highest BCUT2D eigenvalue weighted by Crippen LogP contribution is 2.26. The summed E-state index contributed by atoms with van der Waals surface area (Å²) in [4.78, 5) is 10.9. The molecule has 0 saturated carbocycles. The molecule has 1 fully saturated rings. The maximum absolute atomic E-state index is 5.93. The lowest BCUT2D eigenvalue weighted by atomic mass is 10.0. The van der Waals surface area contributed by atoms with Crippen molar-refractivity contribution in [2.24, 2.45) is 5.92 Å². The van der Waals surface area contributed by atoms with Crippen LogP contribution in [0.5, 0.6) is 0 Å². The fourth-order valence-corrected chi connectivity index (χ4v) is 2.50. The predicted molar refractivity (Wildman–Crippen MR) is 71.1 cm³/mol. The molecule has 1 unspecified atom stereocenters. The van der Waals surface area contributed by atoms with Gasteiger partial charge in [0.05, 0.1) is 0 Å². The minimum Gasteiger partial charge on any atom is -0.383 e. The minimum atomic E-state index is 0.634. The van der Waals surface area contributed by atoms with E-state index in [4.69, 9.17) is 5.73 Å². The molecule has 2 heterocycles. The van der Waals surface area contributed by atoms with Gasteiger partial charge in [-0.25, -0.2) is 9.97 Å². The number of nitrogens with two attached hydrogens (primary N) is 1. The second-order valence-corrected chi connectivity index (χ2v) is 4.94. The molecule has 0 radical (unpaired) electrons. The van der Waals surface area contributed by atoms with E-state index < -0.39 is 0 Å². The molecule has 0 aromatic carbocycles. The average Bonchev–Trinajstić information content (AvgIpc) is 2.54. The molecule has 1 aromatic heterocycles. The highest BCUT2D eigenvalue weighted by atomic mass is 15.2. The van der Waals surface area contributed by atoms with Gasteiger partial charge < -0.3 is 10.6 Å². The molecule has 4 nitrogen and oxygen atoms in total. The normalized spacial score (nSPS) is 21.3. The van der Waals surface area contributed by atoms with Crippen LogP contribution in [-0.2, 0) is 6.42 Å². The molecule has 2 N–H and O–H groups in total. The van der Waals surface area contributed by atoms with Gasteiger partial charge >= 0.3 is 0 Å². The Bertz CT molecular complexity index is 378. The zero-order valence-electron chi connectivity index (χ0n) is 10.8. The van der Waals surface area contributed by atoms with E-state index in [1.165, 1.54) is 19.3 Å². The number of hydrogen-bond donors (Lipinski definition) is 1. The molecule has 0 bridgehead atoms. The van der Waals surface area contributed by atoms with Crippen LogP contribution in [0.3, 0.4) is 0 Å². The van der Waals surface area contributed by atoms with Gasteiger partial charge in [0.2, 0.25) is 0 Å². The zero-order chi connectivity index (χ0) is 12.3. The Morgan fingerprint density at radius 2 is 2.18 bits per heavy atom. The van der Waals surface area contributed by atoms with Gasteiger partial charge in [0, 0.05) is 18.7 Å². The molecule has 1 aromatic rings. The summed E-state index contributed by atoms with van der Waals surface area (Å²) in [6.45, 7) is 6.62. The van der Waals surface area contributed by atoms with Crippen molar-refractivity contribution in [1.29, 1.82) is 0 Å². The monoisotopic (exact) mass is 234 g/mol. The van der Waals surface area contributed by atoms with Crippen LogP contribution in [-0.4, -0.2) is 23.1 Å². The number of nitrogen functional groups attached to an aromatic ring is 1. The summed E-state index contributed by atoms with van der Waals surface area (Å²) in [5.74, 6) is 2.51. The van der Waals surface area contributed by atoms with E-state index in [9.17, 15) is 0 Å². The van der Waals surface area contributed by atoms with Crippen molar-refractivity contribution in [2.75, 3.05) is 23.7 Å². The van der Waals surface area contributed by atoms with Gasteiger partial charge in [-0.05, 0) is 31.6 Å². The summed E-state index contributed by atoms with van der Waals surface area (Å²) < 4.78 is 0. The SMILES string of the molecule is CCc1c(N)ncnc1N1CCCC(C)CC1. The fourth-order valence-electron chi connectivity index (χ4n) is 2.50. The first-order valence-corrected chi connectivity index (χ1v) is 6.56. The summed E-state index contributed by atoms with van der Waals surface area (Å²) in [6, 6.07) is 0. The Balaban J connectivity index is 2.23. The molecule has 0 spiro atoms. The van der Waals surface area contributed by atoms with Crippen LogP contribution in [0.15, 0.2) is 6.33 Å². The molecular weight excluding hydrogens is 212 g/mol. The van der Waals surface area contributed by atoms with Crippen molar-refractivity contribution in [3.8, 4) is 0 Å². The van der Waals surface area contributed by atoms with E-state index >= 15 is 0 Å². The molecule has 0 aliphatic carbocycles. The molecule has 1 atom stereocenters. The van der Waals surface area contributed by atoms with Crippen molar-refractivity contribution in [3.05, 3.63) is 11.9 Å². The number of nitrogens with zero attached hydrogens (tertiary/aromatic N) is 3. The van der Waals surface area contributed by atoms with Gasteiger partial charge in [-0.15, -0.1) is 0 Å². The lowest BCUT2D eigenvalue weighted by molar-refractivity contribution is 0.521. The third-order valence-corrected chi connectivity index (χ3v) is 3.63. The van der Waals surface area contributed by atoms with Gasteiger partial charge in [0.25, 0.3) is 0 Å². The van der Waals surface area contributed by atoms with Crippen LogP contribution < -0.4 is 10.6 Å². The Labute approximate surface area is 103 Å². The molecule has 4 heteroatoms. The minimum absolute atomic E-state index is 0.634. The van der Waals surface area contributed by atoms with Gasteiger partial charge in [0.1, 0.15) is 18.0 Å². The first-order valence-electron chi connectivity index (χ1n) is 6.56. The Morgan fingerprint density at radius 3 is 2.94 bits per heavy atom. The van der Waals surface area contributed by atoms with E-state index in [1.54, 1.807) is 6.33 Å². The second kappa shape index (κ2) is 5.34. The Morgan fingerprint density at radius 1 is 1.35 bits per heavy atom. The molecule has 1 saturated heterocycles. The quantitative estimate of drug-likeness (QED) is 0.852. The Hall–Kier alpha value is -1.32. The highest BCUT2D eigenvalue weighted by Gasteiger charge is 2.18. The van der Waals surface area contributed by atoms with Crippen LogP contribution >= 0.6 is 0 Å². The lowest BCUT2D eigenvalue weighted by Crippen LogP contribution is -2.27. The molecule has 94 valence electrons. The van der Waals surface area contributed by atoms with Gasteiger partial charge in [-0.1, -0.05) is 13.8 Å². The van der Waals surface area contributed by atoms with Crippen molar-refractivity contribution in [1.82, 2.24) is 9.97 Å². The summed E-state index contributed by atoms with van der Waals surface area (Å²) >= 11 is 0. The van der Waals surface area contributed by atoms with E-state index in [0.717, 1.165) is 36.8 Å². The van der Waals surface area contributed by atoms with Crippen molar-refractivity contribution < 1.29 is 0 Å². The predicted octanol–water partition coefficient (Wildman–Crippen LogP) is 2.25. The van der Waals surface area contributed by atoms with Crippen molar-refractivity contribution in [3.63, 3.8) is 0 Å². The number of rotatable bonds is 2.